The SMILES string of the molecule is CC(=O)Nc1cccc(NC(=O)c2cncc(NC3CC3)c2)c1. The number of anilines is 3. The minimum atomic E-state index is -0.239. The first-order valence-electron chi connectivity index (χ1n) is 7.51. The number of amides is 2. The van der Waals surface area contributed by atoms with Crippen LogP contribution in [0.1, 0.15) is 30.1 Å². The van der Waals surface area contributed by atoms with E-state index in [2.05, 4.69) is 20.9 Å². The Bertz CT molecular complexity index is 741. The lowest BCUT2D eigenvalue weighted by molar-refractivity contribution is -0.114. The molecule has 1 heterocycles. The van der Waals surface area contributed by atoms with Crippen LogP contribution in [0.4, 0.5) is 17.1 Å². The number of hydrogen-bond acceptors (Lipinski definition) is 4. The van der Waals surface area contributed by atoms with Crippen LogP contribution in [-0.4, -0.2) is 22.8 Å². The molecule has 0 spiro atoms. The summed E-state index contributed by atoms with van der Waals surface area (Å²) in [5.41, 5.74) is 2.59. The van der Waals surface area contributed by atoms with Crippen LogP contribution >= 0.6 is 0 Å². The number of benzene rings is 1. The molecule has 1 fully saturated rings. The van der Waals surface area contributed by atoms with Crippen molar-refractivity contribution < 1.29 is 9.59 Å². The van der Waals surface area contributed by atoms with E-state index in [4.69, 9.17) is 0 Å². The van der Waals surface area contributed by atoms with Crippen LogP contribution in [0.2, 0.25) is 0 Å². The number of pyridine rings is 1. The molecule has 2 aromatic rings. The molecule has 0 aliphatic heterocycles. The fourth-order valence-corrected chi connectivity index (χ4v) is 2.19. The number of rotatable bonds is 5. The van der Waals surface area contributed by atoms with Gasteiger partial charge in [0.2, 0.25) is 5.91 Å². The van der Waals surface area contributed by atoms with Crippen LogP contribution in [0, 0.1) is 0 Å². The molecule has 23 heavy (non-hydrogen) atoms. The number of nitrogens with one attached hydrogen (secondary N) is 3. The Hall–Kier alpha value is -2.89. The maximum absolute atomic E-state index is 12.3. The normalized spacial score (nSPS) is 13.3. The van der Waals surface area contributed by atoms with E-state index in [9.17, 15) is 9.59 Å². The predicted molar refractivity (Wildman–Crippen MR) is 89.6 cm³/mol. The van der Waals surface area contributed by atoms with Gasteiger partial charge in [0.15, 0.2) is 0 Å². The van der Waals surface area contributed by atoms with Gasteiger partial charge in [0.1, 0.15) is 0 Å². The standard InChI is InChI=1S/C17H18N4O2/c1-11(22)19-14-3-2-4-15(8-14)21-17(23)12-7-16(10-18-9-12)20-13-5-6-13/h2-4,7-10,13,20H,5-6H2,1H3,(H,19,22)(H,21,23). The molecule has 0 unspecified atom stereocenters. The first kappa shape index (κ1) is 15.0. The summed E-state index contributed by atoms with van der Waals surface area (Å²) in [6.45, 7) is 1.44. The fraction of sp³-hybridized carbons (Fsp3) is 0.235. The van der Waals surface area contributed by atoms with Crippen molar-refractivity contribution in [3.63, 3.8) is 0 Å². The molecule has 3 rings (SSSR count). The Morgan fingerprint density at radius 3 is 2.48 bits per heavy atom. The smallest absolute Gasteiger partial charge is 0.257 e. The highest BCUT2D eigenvalue weighted by Gasteiger charge is 2.21. The van der Waals surface area contributed by atoms with Gasteiger partial charge in [-0.25, -0.2) is 0 Å². The summed E-state index contributed by atoms with van der Waals surface area (Å²) in [4.78, 5) is 27.5. The lowest BCUT2D eigenvalue weighted by Gasteiger charge is -2.09. The number of hydrogen-bond donors (Lipinski definition) is 3. The van der Waals surface area contributed by atoms with Crippen molar-refractivity contribution in [2.45, 2.75) is 25.8 Å². The van der Waals surface area contributed by atoms with Gasteiger partial charge in [-0.3, -0.25) is 14.6 Å². The van der Waals surface area contributed by atoms with Crippen molar-refractivity contribution in [3.05, 3.63) is 48.3 Å². The van der Waals surface area contributed by atoms with Gasteiger partial charge in [0.05, 0.1) is 11.3 Å². The van der Waals surface area contributed by atoms with E-state index in [1.807, 2.05) is 0 Å². The zero-order valence-electron chi connectivity index (χ0n) is 12.8. The van der Waals surface area contributed by atoms with Gasteiger partial charge in [-0.15, -0.1) is 0 Å². The van der Waals surface area contributed by atoms with E-state index in [1.165, 1.54) is 13.1 Å². The van der Waals surface area contributed by atoms with Crippen molar-refractivity contribution in [3.8, 4) is 0 Å². The molecule has 1 aromatic heterocycles. The van der Waals surface area contributed by atoms with Gasteiger partial charge >= 0.3 is 0 Å². The largest absolute Gasteiger partial charge is 0.381 e. The van der Waals surface area contributed by atoms with Crippen molar-refractivity contribution in [2.24, 2.45) is 0 Å². The van der Waals surface area contributed by atoms with E-state index < -0.39 is 0 Å². The Balaban J connectivity index is 1.69. The van der Waals surface area contributed by atoms with Crippen LogP contribution in [0.3, 0.4) is 0 Å². The summed E-state index contributed by atoms with van der Waals surface area (Å²) in [7, 11) is 0. The Kier molecular flexibility index (Phi) is 4.23. The van der Waals surface area contributed by atoms with Crippen LogP contribution in [-0.2, 0) is 4.79 Å². The quantitative estimate of drug-likeness (QED) is 0.793. The third kappa shape index (κ3) is 4.29. The van der Waals surface area contributed by atoms with Crippen LogP contribution in [0.25, 0.3) is 0 Å². The molecule has 1 aliphatic carbocycles. The molecule has 0 radical (unpaired) electrons. The number of nitrogens with zero attached hydrogens (tertiary/aromatic N) is 1. The first-order valence-corrected chi connectivity index (χ1v) is 7.51. The number of carbonyl (C=O) groups is 2. The van der Waals surface area contributed by atoms with E-state index in [0.717, 1.165) is 18.5 Å². The summed E-state index contributed by atoms with van der Waals surface area (Å²) in [5, 5.41) is 8.81. The number of aromatic nitrogens is 1. The summed E-state index contributed by atoms with van der Waals surface area (Å²) < 4.78 is 0. The Morgan fingerprint density at radius 2 is 1.78 bits per heavy atom. The van der Waals surface area contributed by atoms with Crippen molar-refractivity contribution >= 4 is 28.9 Å². The molecular formula is C17H18N4O2. The third-order valence-corrected chi connectivity index (χ3v) is 3.39. The van der Waals surface area contributed by atoms with E-state index >= 15 is 0 Å². The molecule has 1 aromatic carbocycles. The molecular weight excluding hydrogens is 292 g/mol. The monoisotopic (exact) mass is 310 g/mol. The average Bonchev–Trinajstić information content (AvgIpc) is 3.31. The van der Waals surface area contributed by atoms with Crippen molar-refractivity contribution in [1.29, 1.82) is 0 Å². The second kappa shape index (κ2) is 6.48. The maximum atomic E-state index is 12.3. The Labute approximate surface area is 134 Å². The van der Waals surface area contributed by atoms with Gasteiger partial charge < -0.3 is 16.0 Å². The third-order valence-electron chi connectivity index (χ3n) is 3.39. The minimum absolute atomic E-state index is 0.156. The van der Waals surface area contributed by atoms with Crippen LogP contribution in [0.5, 0.6) is 0 Å². The molecule has 0 atom stereocenters. The van der Waals surface area contributed by atoms with Crippen molar-refractivity contribution in [2.75, 3.05) is 16.0 Å². The van der Waals surface area contributed by atoms with Gasteiger partial charge in [0.25, 0.3) is 5.91 Å². The zero-order chi connectivity index (χ0) is 16.2. The summed E-state index contributed by atoms with van der Waals surface area (Å²) in [5.74, 6) is -0.395. The average molecular weight is 310 g/mol. The minimum Gasteiger partial charge on any atom is -0.381 e. The molecule has 0 bridgehead atoms. The molecule has 1 saturated carbocycles. The summed E-state index contributed by atoms with van der Waals surface area (Å²) >= 11 is 0. The maximum Gasteiger partial charge on any atom is 0.257 e. The second-order valence-electron chi connectivity index (χ2n) is 5.60. The molecule has 1 aliphatic rings. The highest BCUT2D eigenvalue weighted by Crippen LogP contribution is 2.24. The predicted octanol–water partition coefficient (Wildman–Crippen LogP) is 2.87. The zero-order valence-corrected chi connectivity index (χ0v) is 12.8. The fourth-order valence-electron chi connectivity index (χ4n) is 2.19. The highest BCUT2D eigenvalue weighted by atomic mass is 16.2. The van der Waals surface area contributed by atoms with Gasteiger partial charge in [-0.2, -0.15) is 0 Å². The van der Waals surface area contributed by atoms with Crippen molar-refractivity contribution in [1.82, 2.24) is 4.98 Å². The van der Waals surface area contributed by atoms with Gasteiger partial charge in [-0.05, 0) is 37.1 Å². The van der Waals surface area contributed by atoms with E-state index in [0.29, 0.717) is 23.0 Å². The molecule has 6 nitrogen and oxygen atoms in total. The second-order valence-corrected chi connectivity index (χ2v) is 5.60. The summed E-state index contributed by atoms with van der Waals surface area (Å²) in [6, 6.07) is 9.30. The highest BCUT2D eigenvalue weighted by molar-refractivity contribution is 6.05. The van der Waals surface area contributed by atoms with Gasteiger partial charge in [-0.1, -0.05) is 6.07 Å². The molecule has 6 heteroatoms. The lowest BCUT2D eigenvalue weighted by atomic mass is 10.2. The van der Waals surface area contributed by atoms with Crippen LogP contribution in [0.15, 0.2) is 42.7 Å². The lowest BCUT2D eigenvalue weighted by Crippen LogP contribution is -2.13. The van der Waals surface area contributed by atoms with E-state index in [1.54, 1.807) is 36.5 Å². The van der Waals surface area contributed by atoms with E-state index in [-0.39, 0.29) is 11.8 Å². The molecule has 2 amide bonds. The first-order chi connectivity index (χ1) is 11.1. The van der Waals surface area contributed by atoms with Gasteiger partial charge in [0, 0.05) is 36.7 Å². The topological polar surface area (TPSA) is 83.1 Å². The summed E-state index contributed by atoms with van der Waals surface area (Å²) in [6.07, 6.45) is 5.57. The molecule has 0 saturated heterocycles. The van der Waals surface area contributed by atoms with Crippen LogP contribution < -0.4 is 16.0 Å². The number of carbonyl (C=O) groups excluding carboxylic acids is 2. The molecule has 118 valence electrons. The Morgan fingerprint density at radius 1 is 1.04 bits per heavy atom. The molecule has 3 N–H and O–H groups in total.